The molecule has 0 saturated heterocycles. The molecule has 1 aromatic heterocycles. The smallest absolute Gasteiger partial charge is 0.310 e. The number of anilines is 1. The molecular formula is C20H17NO4S. The van der Waals surface area contributed by atoms with Crippen molar-refractivity contribution in [3.63, 3.8) is 0 Å². The molecule has 5 nitrogen and oxygen atoms in total. The van der Waals surface area contributed by atoms with Gasteiger partial charge in [0, 0.05) is 11.8 Å². The van der Waals surface area contributed by atoms with Crippen LogP contribution in [0.15, 0.2) is 71.4 Å². The Bertz CT molecular complexity index is 863. The van der Waals surface area contributed by atoms with E-state index in [-0.39, 0.29) is 13.0 Å². The predicted octanol–water partition coefficient (Wildman–Crippen LogP) is 4.26. The average molecular weight is 367 g/mol. The van der Waals surface area contributed by atoms with Crippen LogP contribution in [0.4, 0.5) is 5.69 Å². The van der Waals surface area contributed by atoms with Crippen molar-refractivity contribution in [3.05, 3.63) is 77.0 Å². The van der Waals surface area contributed by atoms with Crippen molar-refractivity contribution in [2.75, 3.05) is 11.9 Å². The maximum Gasteiger partial charge on any atom is 0.310 e. The molecule has 0 saturated carbocycles. The lowest BCUT2D eigenvalue weighted by atomic mass is 10.2. The summed E-state index contributed by atoms with van der Waals surface area (Å²) in [6.45, 7) is -0.327. The van der Waals surface area contributed by atoms with Gasteiger partial charge in [0.15, 0.2) is 6.61 Å². The molecule has 0 radical (unpaired) electrons. The Hall–Kier alpha value is -3.12. The van der Waals surface area contributed by atoms with Gasteiger partial charge in [-0.05, 0) is 46.7 Å². The maximum absolute atomic E-state index is 12.0. The monoisotopic (exact) mass is 367 g/mol. The Morgan fingerprint density at radius 1 is 0.962 bits per heavy atom. The molecule has 0 spiro atoms. The van der Waals surface area contributed by atoms with Crippen molar-refractivity contribution < 1.29 is 19.1 Å². The highest BCUT2D eigenvalue weighted by Gasteiger charge is 2.09. The highest BCUT2D eigenvalue weighted by molar-refractivity contribution is 7.08. The molecule has 6 heteroatoms. The Morgan fingerprint density at radius 2 is 1.77 bits per heavy atom. The highest BCUT2D eigenvalue weighted by Crippen LogP contribution is 2.23. The van der Waals surface area contributed by atoms with E-state index in [1.54, 1.807) is 24.3 Å². The minimum atomic E-state index is -0.431. The zero-order valence-electron chi connectivity index (χ0n) is 13.9. The van der Waals surface area contributed by atoms with Crippen molar-refractivity contribution in [2.45, 2.75) is 6.42 Å². The number of amides is 1. The van der Waals surface area contributed by atoms with Gasteiger partial charge in [0.05, 0.1) is 6.42 Å². The largest absolute Gasteiger partial charge is 0.457 e. The molecule has 0 fully saturated rings. The minimum absolute atomic E-state index is 0.164. The van der Waals surface area contributed by atoms with Gasteiger partial charge in [-0.3, -0.25) is 9.59 Å². The van der Waals surface area contributed by atoms with Crippen LogP contribution in [0.25, 0.3) is 0 Å². The van der Waals surface area contributed by atoms with E-state index in [0.717, 1.165) is 5.56 Å². The summed E-state index contributed by atoms with van der Waals surface area (Å²) in [7, 11) is 0. The second kappa shape index (κ2) is 8.82. The zero-order valence-corrected chi connectivity index (χ0v) is 14.7. The number of carbonyl (C=O) groups excluding carboxylic acids is 2. The van der Waals surface area contributed by atoms with Crippen LogP contribution in [0.5, 0.6) is 11.5 Å². The number of hydrogen-bond acceptors (Lipinski definition) is 5. The summed E-state index contributed by atoms with van der Waals surface area (Å²) in [5, 5.41) is 6.45. The van der Waals surface area contributed by atoms with Gasteiger partial charge in [0.1, 0.15) is 11.5 Å². The lowest BCUT2D eigenvalue weighted by molar-refractivity contribution is -0.146. The first-order valence-electron chi connectivity index (χ1n) is 7.98. The van der Waals surface area contributed by atoms with Crippen LogP contribution in [-0.2, 0) is 20.7 Å². The summed E-state index contributed by atoms with van der Waals surface area (Å²) in [4.78, 5) is 23.7. The van der Waals surface area contributed by atoms with Crippen molar-refractivity contribution in [3.8, 4) is 11.5 Å². The second-order valence-corrected chi connectivity index (χ2v) is 6.24. The molecular weight excluding hydrogens is 350 g/mol. The second-order valence-electron chi connectivity index (χ2n) is 5.46. The van der Waals surface area contributed by atoms with Crippen LogP contribution in [0.3, 0.4) is 0 Å². The SMILES string of the molecule is O=C(COC(=O)Cc1ccsc1)Nc1cccc(Oc2ccccc2)c1. The Morgan fingerprint density at radius 3 is 2.54 bits per heavy atom. The average Bonchev–Trinajstić information content (AvgIpc) is 3.14. The number of ether oxygens (including phenoxy) is 2. The normalized spacial score (nSPS) is 10.2. The zero-order chi connectivity index (χ0) is 18.2. The lowest BCUT2D eigenvalue weighted by Crippen LogP contribution is -2.21. The number of hydrogen-bond donors (Lipinski definition) is 1. The van der Waals surface area contributed by atoms with Crippen LogP contribution >= 0.6 is 11.3 Å². The number of para-hydroxylation sites is 1. The maximum atomic E-state index is 12.0. The quantitative estimate of drug-likeness (QED) is 0.634. The van der Waals surface area contributed by atoms with E-state index >= 15 is 0 Å². The number of rotatable bonds is 7. The van der Waals surface area contributed by atoms with Crippen LogP contribution in [0.1, 0.15) is 5.56 Å². The van der Waals surface area contributed by atoms with Crippen LogP contribution in [0.2, 0.25) is 0 Å². The van der Waals surface area contributed by atoms with Crippen LogP contribution < -0.4 is 10.1 Å². The summed E-state index contributed by atoms with van der Waals surface area (Å²) < 4.78 is 10.7. The molecule has 3 rings (SSSR count). The summed E-state index contributed by atoms with van der Waals surface area (Å²) in [5.74, 6) is 0.474. The fourth-order valence-electron chi connectivity index (χ4n) is 2.22. The Labute approximate surface area is 155 Å². The first kappa shape index (κ1) is 17.7. The van der Waals surface area contributed by atoms with Gasteiger partial charge in [-0.15, -0.1) is 0 Å². The van der Waals surface area contributed by atoms with E-state index < -0.39 is 11.9 Å². The predicted molar refractivity (Wildman–Crippen MR) is 101 cm³/mol. The molecule has 2 aromatic carbocycles. The first-order chi connectivity index (χ1) is 12.7. The van der Waals surface area contributed by atoms with Crippen molar-refractivity contribution in [1.82, 2.24) is 0 Å². The summed E-state index contributed by atoms with van der Waals surface area (Å²) in [6.07, 6.45) is 0.164. The molecule has 1 N–H and O–H groups in total. The van der Waals surface area contributed by atoms with Crippen molar-refractivity contribution in [1.29, 1.82) is 0 Å². The van der Waals surface area contributed by atoms with Gasteiger partial charge in [0.2, 0.25) is 0 Å². The summed E-state index contributed by atoms with van der Waals surface area (Å²) in [5.41, 5.74) is 1.45. The van der Waals surface area contributed by atoms with Crippen LogP contribution in [-0.4, -0.2) is 18.5 Å². The molecule has 132 valence electrons. The van der Waals surface area contributed by atoms with Gasteiger partial charge in [0.25, 0.3) is 5.91 Å². The van der Waals surface area contributed by atoms with E-state index in [9.17, 15) is 9.59 Å². The fourth-order valence-corrected chi connectivity index (χ4v) is 2.88. The Balaban J connectivity index is 1.49. The number of thiophene rings is 1. The number of carbonyl (C=O) groups is 2. The molecule has 3 aromatic rings. The molecule has 1 heterocycles. The standard InChI is InChI=1S/C20H17NO4S/c22-19(13-24-20(23)11-15-9-10-26-14-15)21-16-5-4-8-18(12-16)25-17-6-2-1-3-7-17/h1-10,12,14H,11,13H2,(H,21,22). The van der Waals surface area contributed by atoms with Gasteiger partial charge < -0.3 is 14.8 Å². The molecule has 0 aliphatic carbocycles. The Kier molecular flexibility index (Phi) is 6.01. The highest BCUT2D eigenvalue weighted by atomic mass is 32.1. The summed E-state index contributed by atoms with van der Waals surface area (Å²) >= 11 is 1.51. The summed E-state index contributed by atoms with van der Waals surface area (Å²) in [6, 6.07) is 18.2. The van der Waals surface area contributed by atoms with Gasteiger partial charge in [-0.25, -0.2) is 0 Å². The first-order valence-corrected chi connectivity index (χ1v) is 8.93. The van der Waals surface area contributed by atoms with Gasteiger partial charge >= 0.3 is 5.97 Å². The van der Waals surface area contributed by atoms with E-state index in [0.29, 0.717) is 17.2 Å². The third-order valence-corrected chi connectivity index (χ3v) is 4.12. The number of benzene rings is 2. The molecule has 0 aliphatic heterocycles. The van der Waals surface area contributed by atoms with E-state index in [4.69, 9.17) is 9.47 Å². The molecule has 1 amide bonds. The molecule has 0 bridgehead atoms. The third-order valence-electron chi connectivity index (χ3n) is 3.39. The lowest BCUT2D eigenvalue weighted by Gasteiger charge is -2.09. The van der Waals surface area contributed by atoms with E-state index in [1.165, 1.54) is 11.3 Å². The molecule has 0 unspecified atom stereocenters. The number of esters is 1. The molecule has 0 aliphatic rings. The topological polar surface area (TPSA) is 64.6 Å². The number of nitrogens with one attached hydrogen (secondary N) is 1. The molecule has 26 heavy (non-hydrogen) atoms. The van der Waals surface area contributed by atoms with Gasteiger partial charge in [-0.1, -0.05) is 24.3 Å². The van der Waals surface area contributed by atoms with Crippen LogP contribution in [0, 0.1) is 0 Å². The van der Waals surface area contributed by atoms with Crippen molar-refractivity contribution >= 4 is 28.9 Å². The van der Waals surface area contributed by atoms with E-state index in [1.807, 2.05) is 47.2 Å². The fraction of sp³-hybridized carbons (Fsp3) is 0.100. The van der Waals surface area contributed by atoms with E-state index in [2.05, 4.69) is 5.32 Å². The molecule has 0 atom stereocenters. The minimum Gasteiger partial charge on any atom is -0.457 e. The van der Waals surface area contributed by atoms with Gasteiger partial charge in [-0.2, -0.15) is 11.3 Å². The van der Waals surface area contributed by atoms with Crippen molar-refractivity contribution in [2.24, 2.45) is 0 Å². The third kappa shape index (κ3) is 5.46.